The highest BCUT2D eigenvalue weighted by molar-refractivity contribution is 5.90. The van der Waals surface area contributed by atoms with Crippen LogP contribution in [0.5, 0.6) is 0 Å². The molecule has 1 aromatic carbocycles. The third-order valence-corrected chi connectivity index (χ3v) is 4.35. The predicted molar refractivity (Wildman–Crippen MR) is 99.7 cm³/mol. The van der Waals surface area contributed by atoms with Crippen LogP contribution < -0.4 is 5.32 Å². The predicted octanol–water partition coefficient (Wildman–Crippen LogP) is 2.41. The van der Waals surface area contributed by atoms with Crippen LogP contribution in [0.1, 0.15) is 31.7 Å². The summed E-state index contributed by atoms with van der Waals surface area (Å²) in [5, 5.41) is 2.68. The Bertz CT molecular complexity index is 689. The summed E-state index contributed by atoms with van der Waals surface area (Å²) in [5.41, 5.74) is 1.62. The van der Waals surface area contributed by atoms with E-state index in [-0.39, 0.29) is 18.9 Å². The SMILES string of the molecule is C=C(C)C[C@@H](NC(=O)[C@H]1CCCN1C(=O)OCc1ccccc1)C(=O)OC. The van der Waals surface area contributed by atoms with E-state index >= 15 is 0 Å². The van der Waals surface area contributed by atoms with Crippen molar-refractivity contribution in [2.24, 2.45) is 0 Å². The molecule has 0 unspecified atom stereocenters. The standard InChI is InChI=1S/C20H26N2O5/c1-14(2)12-16(19(24)26-3)21-18(23)17-10-7-11-22(17)20(25)27-13-15-8-5-4-6-9-15/h4-6,8-9,16-17H,1,7,10-13H2,2-3H3,(H,21,23)/t16-,17-/m1/s1. The molecule has 7 heteroatoms. The number of hydrogen-bond donors (Lipinski definition) is 1. The zero-order chi connectivity index (χ0) is 19.8. The number of ether oxygens (including phenoxy) is 2. The Morgan fingerprint density at radius 1 is 1.30 bits per heavy atom. The van der Waals surface area contributed by atoms with Crippen molar-refractivity contribution >= 4 is 18.0 Å². The van der Waals surface area contributed by atoms with E-state index in [1.165, 1.54) is 12.0 Å². The molecule has 0 spiro atoms. The summed E-state index contributed by atoms with van der Waals surface area (Å²) in [6, 6.07) is 7.86. The Morgan fingerprint density at radius 3 is 2.63 bits per heavy atom. The minimum absolute atomic E-state index is 0.144. The minimum atomic E-state index is -0.817. The van der Waals surface area contributed by atoms with Crippen LogP contribution >= 0.6 is 0 Å². The fourth-order valence-corrected chi connectivity index (χ4v) is 3.01. The largest absolute Gasteiger partial charge is 0.467 e. The molecule has 1 aliphatic rings. The maximum Gasteiger partial charge on any atom is 0.410 e. The number of nitrogens with zero attached hydrogens (tertiary/aromatic N) is 1. The van der Waals surface area contributed by atoms with Gasteiger partial charge in [-0.15, -0.1) is 6.58 Å². The average Bonchev–Trinajstić information content (AvgIpc) is 3.15. The molecule has 27 heavy (non-hydrogen) atoms. The summed E-state index contributed by atoms with van der Waals surface area (Å²) in [6.45, 7) is 6.12. The molecule has 1 fully saturated rings. The van der Waals surface area contributed by atoms with Gasteiger partial charge in [0.1, 0.15) is 18.7 Å². The van der Waals surface area contributed by atoms with Crippen molar-refractivity contribution in [2.45, 2.75) is 44.9 Å². The second-order valence-electron chi connectivity index (χ2n) is 6.64. The van der Waals surface area contributed by atoms with Crippen molar-refractivity contribution in [3.63, 3.8) is 0 Å². The van der Waals surface area contributed by atoms with Crippen molar-refractivity contribution in [2.75, 3.05) is 13.7 Å². The van der Waals surface area contributed by atoms with Gasteiger partial charge in [-0.05, 0) is 31.7 Å². The maximum atomic E-state index is 12.6. The van der Waals surface area contributed by atoms with Crippen molar-refractivity contribution < 1.29 is 23.9 Å². The summed E-state index contributed by atoms with van der Waals surface area (Å²) < 4.78 is 10.1. The second-order valence-corrected chi connectivity index (χ2v) is 6.64. The smallest absolute Gasteiger partial charge is 0.410 e. The van der Waals surface area contributed by atoms with Gasteiger partial charge in [0.05, 0.1) is 7.11 Å². The molecule has 0 radical (unpaired) electrons. The lowest BCUT2D eigenvalue weighted by atomic mass is 10.1. The Kier molecular flexibility index (Phi) is 7.40. The van der Waals surface area contributed by atoms with Crippen LogP contribution in [-0.4, -0.2) is 48.6 Å². The quantitative estimate of drug-likeness (QED) is 0.585. The molecule has 2 rings (SSSR count). The lowest BCUT2D eigenvalue weighted by molar-refractivity contribution is -0.145. The van der Waals surface area contributed by atoms with Crippen LogP contribution in [0.4, 0.5) is 4.79 Å². The van der Waals surface area contributed by atoms with E-state index in [1.807, 2.05) is 30.3 Å². The zero-order valence-corrected chi connectivity index (χ0v) is 15.8. The number of hydrogen-bond acceptors (Lipinski definition) is 5. The number of benzene rings is 1. The zero-order valence-electron chi connectivity index (χ0n) is 15.8. The maximum absolute atomic E-state index is 12.6. The molecule has 0 saturated carbocycles. The molecule has 0 aromatic heterocycles. The van der Waals surface area contributed by atoms with Gasteiger partial charge in [0.2, 0.25) is 5.91 Å². The second kappa shape index (κ2) is 9.75. The van der Waals surface area contributed by atoms with E-state index in [2.05, 4.69) is 11.9 Å². The van der Waals surface area contributed by atoms with Gasteiger partial charge in [-0.1, -0.05) is 35.9 Å². The van der Waals surface area contributed by atoms with Crippen molar-refractivity contribution in [3.8, 4) is 0 Å². The first-order chi connectivity index (χ1) is 12.9. The Labute approximate surface area is 159 Å². The molecule has 7 nitrogen and oxygen atoms in total. The first-order valence-electron chi connectivity index (χ1n) is 8.92. The number of nitrogens with one attached hydrogen (secondary N) is 1. The number of amides is 2. The van der Waals surface area contributed by atoms with Crippen LogP contribution in [-0.2, 0) is 25.7 Å². The summed E-state index contributed by atoms with van der Waals surface area (Å²) in [5.74, 6) is -0.927. The molecule has 1 saturated heterocycles. The lowest BCUT2D eigenvalue weighted by Crippen LogP contribution is -2.51. The first kappa shape index (κ1) is 20.5. The third-order valence-electron chi connectivity index (χ3n) is 4.35. The number of rotatable bonds is 7. The molecule has 1 heterocycles. The van der Waals surface area contributed by atoms with E-state index in [0.29, 0.717) is 19.4 Å². The highest BCUT2D eigenvalue weighted by atomic mass is 16.6. The van der Waals surface area contributed by atoms with E-state index in [9.17, 15) is 14.4 Å². The molecule has 1 aromatic rings. The average molecular weight is 374 g/mol. The molecule has 0 aliphatic carbocycles. The number of likely N-dealkylation sites (tertiary alicyclic amines) is 1. The molecular weight excluding hydrogens is 348 g/mol. The van der Waals surface area contributed by atoms with E-state index in [4.69, 9.17) is 9.47 Å². The van der Waals surface area contributed by atoms with Crippen molar-refractivity contribution in [3.05, 3.63) is 48.0 Å². The van der Waals surface area contributed by atoms with Crippen molar-refractivity contribution in [1.82, 2.24) is 10.2 Å². The van der Waals surface area contributed by atoms with Gasteiger partial charge < -0.3 is 14.8 Å². The van der Waals surface area contributed by atoms with E-state index in [1.54, 1.807) is 6.92 Å². The van der Waals surface area contributed by atoms with E-state index in [0.717, 1.165) is 11.1 Å². The summed E-state index contributed by atoms with van der Waals surface area (Å²) in [6.07, 6.45) is 0.963. The van der Waals surface area contributed by atoms with E-state index < -0.39 is 24.1 Å². The van der Waals surface area contributed by atoms with Crippen molar-refractivity contribution in [1.29, 1.82) is 0 Å². The van der Waals surface area contributed by atoms with Gasteiger partial charge in [-0.3, -0.25) is 9.69 Å². The molecule has 1 N–H and O–H groups in total. The monoisotopic (exact) mass is 374 g/mol. The highest BCUT2D eigenvalue weighted by Gasteiger charge is 2.36. The molecule has 146 valence electrons. The van der Waals surface area contributed by atoms with Gasteiger partial charge in [0, 0.05) is 6.54 Å². The highest BCUT2D eigenvalue weighted by Crippen LogP contribution is 2.20. The normalized spacial score (nSPS) is 17.1. The molecule has 1 aliphatic heterocycles. The number of methoxy groups -OCH3 is 1. The summed E-state index contributed by atoms with van der Waals surface area (Å²) in [4.78, 5) is 38.4. The molecular formula is C20H26N2O5. The lowest BCUT2D eigenvalue weighted by Gasteiger charge is -2.25. The summed E-state index contributed by atoms with van der Waals surface area (Å²) in [7, 11) is 1.27. The van der Waals surface area contributed by atoms with Crippen LogP contribution in [0.25, 0.3) is 0 Å². The number of carbonyl (C=O) groups is 3. The molecule has 2 amide bonds. The fourth-order valence-electron chi connectivity index (χ4n) is 3.01. The van der Waals surface area contributed by atoms with Gasteiger partial charge in [0.15, 0.2) is 0 Å². The van der Waals surface area contributed by atoms with Gasteiger partial charge in [-0.25, -0.2) is 9.59 Å². The van der Waals surface area contributed by atoms with Crippen LogP contribution in [0.2, 0.25) is 0 Å². The molecule has 0 bridgehead atoms. The minimum Gasteiger partial charge on any atom is -0.467 e. The third kappa shape index (κ3) is 5.84. The Morgan fingerprint density at radius 2 is 2.00 bits per heavy atom. The first-order valence-corrected chi connectivity index (χ1v) is 8.92. The summed E-state index contributed by atoms with van der Waals surface area (Å²) >= 11 is 0. The van der Waals surface area contributed by atoms with Crippen LogP contribution in [0, 0.1) is 0 Å². The van der Waals surface area contributed by atoms with Crippen LogP contribution in [0.15, 0.2) is 42.5 Å². The van der Waals surface area contributed by atoms with Gasteiger partial charge in [-0.2, -0.15) is 0 Å². The Balaban J connectivity index is 1.96. The fraction of sp³-hybridized carbons (Fsp3) is 0.450. The van der Waals surface area contributed by atoms with Gasteiger partial charge >= 0.3 is 12.1 Å². The molecule has 2 atom stereocenters. The Hall–Kier alpha value is -2.83. The van der Waals surface area contributed by atoms with Crippen LogP contribution in [0.3, 0.4) is 0 Å². The topological polar surface area (TPSA) is 84.9 Å². The van der Waals surface area contributed by atoms with Gasteiger partial charge in [0.25, 0.3) is 0 Å². The number of carbonyl (C=O) groups excluding carboxylic acids is 3. The number of esters is 1.